The van der Waals surface area contributed by atoms with Gasteiger partial charge in [-0.2, -0.15) is 0 Å². The molecule has 118 valence electrons. The molecule has 6 nitrogen and oxygen atoms in total. The Balaban J connectivity index is 2.92. The first-order valence-corrected chi connectivity index (χ1v) is 9.90. The van der Waals surface area contributed by atoms with Gasteiger partial charge in [0.2, 0.25) is 0 Å². The zero-order chi connectivity index (χ0) is 16.1. The molecule has 0 saturated carbocycles. The molecular weight excluding hydrogens is 316 g/mol. The summed E-state index contributed by atoms with van der Waals surface area (Å²) < 4.78 is 47.0. The summed E-state index contributed by atoms with van der Waals surface area (Å²) in [4.78, 5) is 11.2. The molecule has 0 bridgehead atoms. The Morgan fingerprint density at radius 1 is 1.10 bits per heavy atom. The summed E-state index contributed by atoms with van der Waals surface area (Å²) in [7, 11) is -7.50. The highest BCUT2D eigenvalue weighted by molar-refractivity contribution is 7.95. The molecular formula is C13H18O6S2. The van der Waals surface area contributed by atoms with Gasteiger partial charge in [0.25, 0.3) is 0 Å². The van der Waals surface area contributed by atoms with E-state index in [1.54, 1.807) is 30.3 Å². The Labute approximate surface area is 124 Å². The maximum absolute atomic E-state index is 12.1. The first-order chi connectivity index (χ1) is 9.68. The fourth-order valence-corrected chi connectivity index (χ4v) is 5.00. The number of carboxylic acid groups (broad SMARTS) is 1. The Bertz CT molecular complexity index is 677. The van der Waals surface area contributed by atoms with E-state index in [1.807, 2.05) is 0 Å². The predicted octanol–water partition coefficient (Wildman–Crippen LogP) is 0.532. The number of hydrogen-bond donors (Lipinski definition) is 1. The quantitative estimate of drug-likeness (QED) is 0.743. The first-order valence-electron chi connectivity index (χ1n) is 6.36. The van der Waals surface area contributed by atoms with Crippen LogP contribution in [0, 0.1) is 0 Å². The molecule has 8 heteroatoms. The summed E-state index contributed by atoms with van der Waals surface area (Å²) in [5, 5.41) is 7.50. The highest BCUT2D eigenvalue weighted by Gasteiger charge is 2.33. The number of carboxylic acids is 1. The van der Waals surface area contributed by atoms with Crippen molar-refractivity contribution in [3.63, 3.8) is 0 Å². The third-order valence-corrected chi connectivity index (χ3v) is 7.06. The fraction of sp³-hybridized carbons (Fsp3) is 0.462. The largest absolute Gasteiger partial charge is 0.480 e. The van der Waals surface area contributed by atoms with E-state index >= 15 is 0 Å². The Kier molecular flexibility index (Phi) is 5.91. The lowest BCUT2D eigenvalue weighted by molar-refractivity contribution is -0.136. The van der Waals surface area contributed by atoms with E-state index in [0.717, 1.165) is 0 Å². The van der Waals surface area contributed by atoms with Gasteiger partial charge in [-0.05, 0) is 12.0 Å². The summed E-state index contributed by atoms with van der Waals surface area (Å²) >= 11 is 0. The topological polar surface area (TPSA) is 106 Å². The summed E-state index contributed by atoms with van der Waals surface area (Å²) in [6, 6.07) is 8.37. The van der Waals surface area contributed by atoms with E-state index in [2.05, 4.69) is 0 Å². The molecule has 1 aromatic carbocycles. The van der Waals surface area contributed by atoms with Crippen molar-refractivity contribution in [1.82, 2.24) is 0 Å². The molecule has 1 atom stereocenters. The Morgan fingerprint density at radius 3 is 2.14 bits per heavy atom. The van der Waals surface area contributed by atoms with Crippen LogP contribution in [0.1, 0.15) is 12.5 Å². The van der Waals surface area contributed by atoms with Crippen LogP contribution < -0.4 is 0 Å². The van der Waals surface area contributed by atoms with E-state index in [9.17, 15) is 21.6 Å². The smallest absolute Gasteiger partial charge is 0.322 e. The molecule has 0 aromatic heterocycles. The number of carbonyl (C=O) groups is 1. The van der Waals surface area contributed by atoms with E-state index in [0.29, 0.717) is 5.56 Å². The molecule has 1 aromatic rings. The van der Waals surface area contributed by atoms with Gasteiger partial charge >= 0.3 is 5.97 Å². The maximum Gasteiger partial charge on any atom is 0.322 e. The molecule has 0 spiro atoms. The van der Waals surface area contributed by atoms with Crippen LogP contribution in [-0.4, -0.2) is 50.4 Å². The van der Waals surface area contributed by atoms with Gasteiger partial charge in [-0.3, -0.25) is 4.79 Å². The molecule has 1 rings (SSSR count). The van der Waals surface area contributed by atoms with E-state index in [4.69, 9.17) is 5.11 Å². The molecule has 0 saturated heterocycles. The number of rotatable bonds is 8. The maximum atomic E-state index is 12.1. The van der Waals surface area contributed by atoms with Crippen LogP contribution in [0.25, 0.3) is 0 Å². The number of sulfone groups is 2. The lowest BCUT2D eigenvalue weighted by atomic mass is 10.1. The standard InChI is InChI=1S/C13H18O6S2/c1-2-20(16,17)8-9-21(18,19)12(13(14)15)10-11-6-4-3-5-7-11/h3-7,12H,2,8-10H2,1H3,(H,14,15). The average molecular weight is 334 g/mol. The van der Waals surface area contributed by atoms with Gasteiger partial charge in [-0.25, -0.2) is 16.8 Å². The molecule has 0 fully saturated rings. The Hall–Kier alpha value is -1.41. The minimum Gasteiger partial charge on any atom is -0.480 e. The van der Waals surface area contributed by atoms with Crippen LogP contribution in [0.4, 0.5) is 0 Å². The summed E-state index contributed by atoms with van der Waals surface area (Å²) in [6.45, 7) is 1.42. The van der Waals surface area contributed by atoms with Crippen LogP contribution in [0.15, 0.2) is 30.3 Å². The van der Waals surface area contributed by atoms with Gasteiger partial charge in [0.05, 0.1) is 11.5 Å². The second kappa shape index (κ2) is 7.04. The molecule has 1 unspecified atom stereocenters. The lowest BCUT2D eigenvalue weighted by Crippen LogP contribution is -2.36. The van der Waals surface area contributed by atoms with Gasteiger partial charge in [0, 0.05) is 5.75 Å². The van der Waals surface area contributed by atoms with E-state index < -0.39 is 42.4 Å². The summed E-state index contributed by atoms with van der Waals surface area (Å²) in [5.41, 5.74) is 0.576. The lowest BCUT2D eigenvalue weighted by Gasteiger charge is -2.13. The molecule has 0 radical (unpaired) electrons. The molecule has 1 N–H and O–H groups in total. The van der Waals surface area contributed by atoms with Crippen LogP contribution in [0.5, 0.6) is 0 Å². The van der Waals surface area contributed by atoms with Crippen molar-refractivity contribution in [3.05, 3.63) is 35.9 Å². The van der Waals surface area contributed by atoms with Gasteiger partial charge in [0.15, 0.2) is 24.9 Å². The minimum absolute atomic E-state index is 0.168. The van der Waals surface area contributed by atoms with Crippen molar-refractivity contribution in [1.29, 1.82) is 0 Å². The molecule has 0 aliphatic carbocycles. The van der Waals surface area contributed by atoms with Crippen molar-refractivity contribution < 1.29 is 26.7 Å². The van der Waals surface area contributed by atoms with Crippen LogP contribution in [-0.2, 0) is 30.9 Å². The van der Waals surface area contributed by atoms with E-state index in [1.165, 1.54) is 6.92 Å². The van der Waals surface area contributed by atoms with Crippen molar-refractivity contribution in [3.8, 4) is 0 Å². The first kappa shape index (κ1) is 17.6. The number of benzene rings is 1. The molecule has 21 heavy (non-hydrogen) atoms. The minimum atomic E-state index is -4.04. The SMILES string of the molecule is CCS(=O)(=O)CCS(=O)(=O)C(Cc1ccccc1)C(=O)O. The highest BCUT2D eigenvalue weighted by Crippen LogP contribution is 2.12. The zero-order valence-electron chi connectivity index (χ0n) is 11.6. The van der Waals surface area contributed by atoms with Crippen molar-refractivity contribution in [2.45, 2.75) is 18.6 Å². The van der Waals surface area contributed by atoms with Gasteiger partial charge in [-0.1, -0.05) is 37.3 Å². The van der Waals surface area contributed by atoms with Crippen molar-refractivity contribution in [2.24, 2.45) is 0 Å². The predicted molar refractivity (Wildman–Crippen MR) is 79.7 cm³/mol. The summed E-state index contributed by atoms with van der Waals surface area (Å²) in [5.74, 6) is -2.86. The third kappa shape index (κ3) is 5.47. The highest BCUT2D eigenvalue weighted by atomic mass is 32.2. The zero-order valence-corrected chi connectivity index (χ0v) is 13.2. The van der Waals surface area contributed by atoms with Crippen molar-refractivity contribution in [2.75, 3.05) is 17.3 Å². The molecule has 0 aliphatic rings. The average Bonchev–Trinajstić information content (AvgIpc) is 2.43. The molecule has 0 aliphatic heterocycles. The van der Waals surface area contributed by atoms with Gasteiger partial charge in [-0.15, -0.1) is 0 Å². The number of hydrogen-bond acceptors (Lipinski definition) is 5. The third-order valence-electron chi connectivity index (χ3n) is 3.09. The van der Waals surface area contributed by atoms with Crippen LogP contribution >= 0.6 is 0 Å². The van der Waals surface area contributed by atoms with Crippen molar-refractivity contribution >= 4 is 25.6 Å². The van der Waals surface area contributed by atoms with Crippen LogP contribution in [0.3, 0.4) is 0 Å². The molecule has 0 heterocycles. The van der Waals surface area contributed by atoms with Crippen LogP contribution in [0.2, 0.25) is 0 Å². The second-order valence-electron chi connectivity index (χ2n) is 4.62. The number of aliphatic carboxylic acids is 1. The monoisotopic (exact) mass is 334 g/mol. The Morgan fingerprint density at radius 2 is 1.67 bits per heavy atom. The summed E-state index contributed by atoms with van der Waals surface area (Å²) in [6.07, 6.45) is -0.176. The molecule has 0 amide bonds. The van der Waals surface area contributed by atoms with Gasteiger partial charge in [0.1, 0.15) is 0 Å². The fourth-order valence-electron chi connectivity index (χ4n) is 1.73. The normalized spacial score (nSPS) is 13.8. The second-order valence-corrected chi connectivity index (χ2v) is 9.40. The van der Waals surface area contributed by atoms with E-state index in [-0.39, 0.29) is 12.2 Å². The van der Waals surface area contributed by atoms with Gasteiger partial charge < -0.3 is 5.11 Å².